The molecule has 0 spiro atoms. The van der Waals surface area contributed by atoms with Crippen LogP contribution >= 0.6 is 0 Å². The van der Waals surface area contributed by atoms with Crippen molar-refractivity contribution < 1.29 is 14.3 Å². The first-order valence-electron chi connectivity index (χ1n) is 7.92. The van der Waals surface area contributed by atoms with Crippen LogP contribution in [-0.4, -0.2) is 35.4 Å². The van der Waals surface area contributed by atoms with Gasteiger partial charge in [0.25, 0.3) is 0 Å². The van der Waals surface area contributed by atoms with Gasteiger partial charge in [-0.2, -0.15) is 0 Å². The number of hydrogen-bond donors (Lipinski definition) is 1. The van der Waals surface area contributed by atoms with Gasteiger partial charge in [0.2, 0.25) is 11.8 Å². The van der Waals surface area contributed by atoms with Crippen LogP contribution in [-0.2, 0) is 16.1 Å². The second-order valence-corrected chi connectivity index (χ2v) is 6.64. The van der Waals surface area contributed by atoms with Crippen molar-refractivity contribution in [1.29, 1.82) is 0 Å². The zero-order valence-corrected chi connectivity index (χ0v) is 15.0. The first-order valence-corrected chi connectivity index (χ1v) is 7.92. The third-order valence-corrected chi connectivity index (χ3v) is 3.46. The highest BCUT2D eigenvalue weighted by atomic mass is 16.5. The maximum absolute atomic E-state index is 12.4. The molecule has 2 amide bonds. The molecule has 0 fully saturated rings. The van der Waals surface area contributed by atoms with Gasteiger partial charge in [-0.3, -0.25) is 9.59 Å². The molecule has 23 heavy (non-hydrogen) atoms. The molecule has 1 aromatic carbocycles. The second-order valence-electron chi connectivity index (χ2n) is 6.64. The van der Waals surface area contributed by atoms with Crippen LogP contribution in [0.2, 0.25) is 0 Å². The Morgan fingerprint density at radius 3 is 2.48 bits per heavy atom. The van der Waals surface area contributed by atoms with Crippen molar-refractivity contribution in [2.75, 3.05) is 7.11 Å². The fourth-order valence-electron chi connectivity index (χ4n) is 2.23. The topological polar surface area (TPSA) is 58.6 Å². The smallest absolute Gasteiger partial charge is 0.242 e. The molecule has 1 N–H and O–H groups in total. The maximum atomic E-state index is 12.4. The Kier molecular flexibility index (Phi) is 6.61. The summed E-state index contributed by atoms with van der Waals surface area (Å²) in [5.41, 5.74) is 0.601. The fraction of sp³-hybridized carbons (Fsp3) is 0.556. The molecule has 5 heteroatoms. The molecule has 1 rings (SSSR count). The van der Waals surface area contributed by atoms with E-state index >= 15 is 0 Å². The molecule has 1 unspecified atom stereocenters. The molecule has 5 nitrogen and oxygen atoms in total. The van der Waals surface area contributed by atoms with Gasteiger partial charge < -0.3 is 15.0 Å². The predicted molar refractivity (Wildman–Crippen MR) is 91.2 cm³/mol. The summed E-state index contributed by atoms with van der Waals surface area (Å²) in [4.78, 5) is 26.3. The average molecular weight is 320 g/mol. The highest BCUT2D eigenvalue weighted by Crippen LogP contribution is 2.17. The number of ether oxygens (including phenoxy) is 1. The first-order chi connectivity index (χ1) is 10.7. The average Bonchev–Trinajstić information content (AvgIpc) is 2.49. The van der Waals surface area contributed by atoms with Crippen LogP contribution in [0.15, 0.2) is 24.3 Å². The van der Waals surface area contributed by atoms with E-state index < -0.39 is 6.04 Å². The van der Waals surface area contributed by atoms with E-state index in [0.29, 0.717) is 13.0 Å². The van der Waals surface area contributed by atoms with Crippen LogP contribution in [0.4, 0.5) is 0 Å². The van der Waals surface area contributed by atoms with Crippen LogP contribution in [0.1, 0.15) is 46.6 Å². The van der Waals surface area contributed by atoms with Gasteiger partial charge in [0, 0.05) is 18.5 Å². The predicted octanol–water partition coefficient (Wildman–Crippen LogP) is 2.74. The SMILES string of the molecule is CCC(=O)N(Cc1cccc(OC)c1)C(C)C(=O)NC(C)(C)C. The molecule has 0 saturated heterocycles. The highest BCUT2D eigenvalue weighted by Gasteiger charge is 2.27. The number of benzene rings is 1. The van der Waals surface area contributed by atoms with Gasteiger partial charge in [-0.1, -0.05) is 19.1 Å². The number of carbonyl (C=O) groups excluding carboxylic acids is 2. The van der Waals surface area contributed by atoms with Gasteiger partial charge in [-0.25, -0.2) is 0 Å². The molecule has 0 bridgehead atoms. The number of nitrogens with one attached hydrogen (secondary N) is 1. The van der Waals surface area contributed by atoms with Gasteiger partial charge in [-0.15, -0.1) is 0 Å². The lowest BCUT2D eigenvalue weighted by Gasteiger charge is -2.31. The minimum absolute atomic E-state index is 0.0515. The number of amides is 2. The van der Waals surface area contributed by atoms with Crippen molar-refractivity contribution in [2.24, 2.45) is 0 Å². The minimum Gasteiger partial charge on any atom is -0.497 e. The third kappa shape index (κ3) is 5.93. The Morgan fingerprint density at radius 2 is 1.96 bits per heavy atom. The zero-order valence-electron chi connectivity index (χ0n) is 15.0. The summed E-state index contributed by atoms with van der Waals surface area (Å²) in [5.74, 6) is 0.532. The molecule has 128 valence electrons. The van der Waals surface area contributed by atoms with Crippen molar-refractivity contribution >= 4 is 11.8 Å². The standard InChI is InChI=1S/C18H28N2O3/c1-7-16(21)20(13(2)17(22)19-18(3,4)5)12-14-9-8-10-15(11-14)23-6/h8-11,13H,7,12H2,1-6H3,(H,19,22). The highest BCUT2D eigenvalue weighted by molar-refractivity contribution is 5.87. The number of carbonyl (C=O) groups is 2. The van der Waals surface area contributed by atoms with E-state index in [1.807, 2.05) is 45.0 Å². The Hall–Kier alpha value is -2.04. The molecule has 1 aromatic rings. The molecule has 0 aliphatic heterocycles. The van der Waals surface area contributed by atoms with Crippen molar-refractivity contribution in [2.45, 2.75) is 59.2 Å². The van der Waals surface area contributed by atoms with Crippen LogP contribution in [0.5, 0.6) is 5.75 Å². The van der Waals surface area contributed by atoms with Crippen molar-refractivity contribution in [1.82, 2.24) is 10.2 Å². The van der Waals surface area contributed by atoms with E-state index in [0.717, 1.165) is 11.3 Å². The van der Waals surface area contributed by atoms with Crippen LogP contribution in [0, 0.1) is 0 Å². The van der Waals surface area contributed by atoms with E-state index in [2.05, 4.69) is 5.32 Å². The normalized spacial score (nSPS) is 12.4. The summed E-state index contributed by atoms with van der Waals surface area (Å²) >= 11 is 0. The Morgan fingerprint density at radius 1 is 1.30 bits per heavy atom. The number of nitrogens with zero attached hydrogens (tertiary/aromatic N) is 1. The lowest BCUT2D eigenvalue weighted by Crippen LogP contribution is -2.52. The monoisotopic (exact) mass is 320 g/mol. The summed E-state index contributed by atoms with van der Waals surface area (Å²) in [5, 5.41) is 2.93. The van der Waals surface area contributed by atoms with Crippen molar-refractivity contribution in [3.05, 3.63) is 29.8 Å². The molecule has 0 saturated carbocycles. The summed E-state index contributed by atoms with van der Waals surface area (Å²) < 4.78 is 5.21. The number of rotatable bonds is 6. The molecule has 1 atom stereocenters. The Labute approximate surface area is 139 Å². The van der Waals surface area contributed by atoms with E-state index in [-0.39, 0.29) is 17.4 Å². The molecular formula is C18H28N2O3. The van der Waals surface area contributed by atoms with Gasteiger partial charge in [0.1, 0.15) is 11.8 Å². The van der Waals surface area contributed by atoms with Crippen LogP contribution < -0.4 is 10.1 Å². The molecule has 0 aromatic heterocycles. The number of methoxy groups -OCH3 is 1. The largest absolute Gasteiger partial charge is 0.497 e. The minimum atomic E-state index is -0.534. The summed E-state index contributed by atoms with van der Waals surface area (Å²) in [7, 11) is 1.60. The summed E-state index contributed by atoms with van der Waals surface area (Å²) in [6, 6.07) is 7.00. The van der Waals surface area contributed by atoms with Crippen LogP contribution in [0.3, 0.4) is 0 Å². The van der Waals surface area contributed by atoms with E-state index in [1.165, 1.54) is 0 Å². The Bertz CT molecular complexity index is 549. The van der Waals surface area contributed by atoms with Gasteiger partial charge in [0.05, 0.1) is 7.11 Å². The summed E-state index contributed by atoms with van der Waals surface area (Å²) in [6.45, 7) is 9.70. The van der Waals surface area contributed by atoms with Crippen LogP contribution in [0.25, 0.3) is 0 Å². The van der Waals surface area contributed by atoms with E-state index in [9.17, 15) is 9.59 Å². The van der Waals surface area contributed by atoms with E-state index in [1.54, 1.807) is 25.9 Å². The quantitative estimate of drug-likeness (QED) is 0.877. The van der Waals surface area contributed by atoms with Crippen molar-refractivity contribution in [3.8, 4) is 5.75 Å². The van der Waals surface area contributed by atoms with Gasteiger partial charge in [0.15, 0.2) is 0 Å². The van der Waals surface area contributed by atoms with Gasteiger partial charge >= 0.3 is 0 Å². The Balaban J connectivity index is 2.95. The molecule has 0 radical (unpaired) electrons. The van der Waals surface area contributed by atoms with E-state index in [4.69, 9.17) is 4.74 Å². The number of hydrogen-bond acceptors (Lipinski definition) is 3. The lowest BCUT2D eigenvalue weighted by atomic mass is 10.1. The van der Waals surface area contributed by atoms with Crippen molar-refractivity contribution in [3.63, 3.8) is 0 Å². The lowest BCUT2D eigenvalue weighted by molar-refractivity contribution is -0.141. The molecule has 0 aliphatic rings. The first kappa shape index (κ1) is 19.0. The molecular weight excluding hydrogens is 292 g/mol. The zero-order chi connectivity index (χ0) is 17.6. The third-order valence-electron chi connectivity index (χ3n) is 3.46. The maximum Gasteiger partial charge on any atom is 0.242 e. The fourth-order valence-corrected chi connectivity index (χ4v) is 2.23. The molecule has 0 aliphatic carbocycles. The van der Waals surface area contributed by atoms with Gasteiger partial charge in [-0.05, 0) is 45.4 Å². The molecule has 0 heterocycles. The summed E-state index contributed by atoms with van der Waals surface area (Å²) in [6.07, 6.45) is 0.358. The second kappa shape index (κ2) is 7.99.